The van der Waals surface area contributed by atoms with Crippen LogP contribution < -0.4 is 10.1 Å². The van der Waals surface area contributed by atoms with E-state index >= 15 is 0 Å². The van der Waals surface area contributed by atoms with Crippen molar-refractivity contribution in [2.45, 2.75) is 18.9 Å². The Morgan fingerprint density at radius 2 is 2.50 bits per heavy atom. The first-order chi connectivity index (χ1) is 6.84. The molecule has 1 aromatic heterocycles. The molecule has 76 valence electrons. The fourth-order valence-electron chi connectivity index (χ4n) is 1.57. The van der Waals surface area contributed by atoms with Gasteiger partial charge in [0.1, 0.15) is 12.4 Å². The molecule has 0 aliphatic carbocycles. The third kappa shape index (κ3) is 2.69. The molecule has 1 aliphatic heterocycles. The number of pyridine rings is 1. The number of aromatic nitrogens is 1. The summed E-state index contributed by atoms with van der Waals surface area (Å²) in [4.78, 5) is 4.04. The molecule has 0 amide bonds. The quantitative estimate of drug-likeness (QED) is 0.898. The van der Waals surface area contributed by atoms with Crippen LogP contribution >= 0.6 is 15.9 Å². The molecule has 1 unspecified atom stereocenters. The summed E-state index contributed by atoms with van der Waals surface area (Å²) in [7, 11) is 0. The summed E-state index contributed by atoms with van der Waals surface area (Å²) in [6.45, 7) is 1.85. The third-order valence-electron chi connectivity index (χ3n) is 2.29. The first kappa shape index (κ1) is 9.93. The highest BCUT2D eigenvalue weighted by molar-refractivity contribution is 9.10. The van der Waals surface area contributed by atoms with E-state index in [-0.39, 0.29) is 0 Å². The number of hydrogen-bond donors (Lipinski definition) is 1. The minimum absolute atomic E-state index is 0.508. The Kier molecular flexibility index (Phi) is 3.37. The van der Waals surface area contributed by atoms with E-state index in [0.717, 1.165) is 23.4 Å². The third-order valence-corrected chi connectivity index (χ3v) is 2.73. The number of ether oxygens (including phenoxy) is 1. The smallest absolute Gasteiger partial charge is 0.138 e. The van der Waals surface area contributed by atoms with Gasteiger partial charge in [-0.2, -0.15) is 0 Å². The molecule has 1 aromatic rings. The van der Waals surface area contributed by atoms with Crippen LogP contribution in [0, 0.1) is 0 Å². The van der Waals surface area contributed by atoms with Gasteiger partial charge in [0.15, 0.2) is 0 Å². The molecule has 1 fully saturated rings. The molecule has 0 bridgehead atoms. The molecule has 1 atom stereocenters. The van der Waals surface area contributed by atoms with Crippen LogP contribution in [0.4, 0.5) is 0 Å². The summed E-state index contributed by atoms with van der Waals surface area (Å²) < 4.78 is 6.57. The predicted molar refractivity (Wildman–Crippen MR) is 58.5 cm³/mol. The van der Waals surface area contributed by atoms with Gasteiger partial charge in [-0.25, -0.2) is 0 Å². The first-order valence-electron chi connectivity index (χ1n) is 4.81. The van der Waals surface area contributed by atoms with Crippen molar-refractivity contribution in [1.29, 1.82) is 0 Å². The molecular weight excluding hydrogens is 244 g/mol. The van der Waals surface area contributed by atoms with Crippen molar-refractivity contribution in [1.82, 2.24) is 10.3 Å². The van der Waals surface area contributed by atoms with Crippen molar-refractivity contribution in [3.05, 3.63) is 22.9 Å². The second kappa shape index (κ2) is 4.75. The van der Waals surface area contributed by atoms with Gasteiger partial charge < -0.3 is 10.1 Å². The highest BCUT2D eigenvalue weighted by Gasteiger charge is 2.14. The highest BCUT2D eigenvalue weighted by atomic mass is 79.9. The molecule has 0 saturated carbocycles. The fourth-order valence-corrected chi connectivity index (χ4v) is 1.91. The van der Waals surface area contributed by atoms with E-state index in [1.165, 1.54) is 12.8 Å². The second-order valence-electron chi connectivity index (χ2n) is 3.44. The predicted octanol–water partition coefficient (Wildman–Crippen LogP) is 1.97. The summed E-state index contributed by atoms with van der Waals surface area (Å²) in [6, 6.07) is 2.44. The van der Waals surface area contributed by atoms with Crippen LogP contribution in [0.5, 0.6) is 5.75 Å². The van der Waals surface area contributed by atoms with Gasteiger partial charge in [-0.05, 0) is 41.4 Å². The van der Waals surface area contributed by atoms with Crippen LogP contribution in [-0.4, -0.2) is 24.2 Å². The molecule has 1 N–H and O–H groups in total. The lowest BCUT2D eigenvalue weighted by Gasteiger charge is -2.11. The standard InChI is InChI=1S/C10H13BrN2O/c11-8-4-10(6-12-5-8)14-7-9-2-1-3-13-9/h4-6,9,13H,1-3,7H2. The van der Waals surface area contributed by atoms with E-state index in [1.54, 1.807) is 12.4 Å². The van der Waals surface area contributed by atoms with E-state index in [0.29, 0.717) is 6.04 Å². The Morgan fingerprint density at radius 1 is 1.57 bits per heavy atom. The monoisotopic (exact) mass is 256 g/mol. The van der Waals surface area contributed by atoms with Crippen molar-refractivity contribution in [3.63, 3.8) is 0 Å². The van der Waals surface area contributed by atoms with Gasteiger partial charge in [-0.15, -0.1) is 0 Å². The second-order valence-corrected chi connectivity index (χ2v) is 4.36. The molecule has 1 aliphatic rings. The minimum Gasteiger partial charge on any atom is -0.490 e. The van der Waals surface area contributed by atoms with Crippen molar-refractivity contribution in [2.75, 3.05) is 13.2 Å². The minimum atomic E-state index is 0.508. The van der Waals surface area contributed by atoms with E-state index in [2.05, 4.69) is 26.2 Å². The number of nitrogens with zero attached hydrogens (tertiary/aromatic N) is 1. The van der Waals surface area contributed by atoms with Gasteiger partial charge in [0.25, 0.3) is 0 Å². The molecule has 0 spiro atoms. The molecule has 14 heavy (non-hydrogen) atoms. The van der Waals surface area contributed by atoms with Crippen molar-refractivity contribution in [3.8, 4) is 5.75 Å². The average Bonchev–Trinajstić information content (AvgIpc) is 2.67. The van der Waals surface area contributed by atoms with Crippen LogP contribution in [0.2, 0.25) is 0 Å². The Morgan fingerprint density at radius 3 is 3.21 bits per heavy atom. The lowest BCUT2D eigenvalue weighted by molar-refractivity contribution is 0.276. The van der Waals surface area contributed by atoms with Gasteiger partial charge in [0.05, 0.1) is 6.20 Å². The largest absolute Gasteiger partial charge is 0.490 e. The maximum Gasteiger partial charge on any atom is 0.138 e. The number of halogens is 1. The Labute approximate surface area is 92.0 Å². The van der Waals surface area contributed by atoms with Gasteiger partial charge in [-0.3, -0.25) is 4.98 Å². The number of nitrogens with one attached hydrogen (secondary N) is 1. The maximum atomic E-state index is 5.62. The normalized spacial score (nSPS) is 21.1. The molecule has 0 radical (unpaired) electrons. The summed E-state index contributed by atoms with van der Waals surface area (Å²) in [6.07, 6.45) is 5.95. The Hall–Kier alpha value is -0.610. The van der Waals surface area contributed by atoms with E-state index in [4.69, 9.17) is 4.74 Å². The maximum absolute atomic E-state index is 5.62. The first-order valence-corrected chi connectivity index (χ1v) is 5.60. The lowest BCUT2D eigenvalue weighted by Crippen LogP contribution is -2.28. The number of rotatable bonds is 3. The van der Waals surface area contributed by atoms with Crippen LogP contribution in [-0.2, 0) is 0 Å². The van der Waals surface area contributed by atoms with Crippen LogP contribution in [0.25, 0.3) is 0 Å². The summed E-state index contributed by atoms with van der Waals surface area (Å²) >= 11 is 3.36. The van der Waals surface area contributed by atoms with E-state index in [1.807, 2.05) is 6.07 Å². The van der Waals surface area contributed by atoms with Gasteiger partial charge in [0, 0.05) is 16.7 Å². The molecule has 3 nitrogen and oxygen atoms in total. The van der Waals surface area contributed by atoms with Crippen molar-refractivity contribution < 1.29 is 4.74 Å². The van der Waals surface area contributed by atoms with Crippen molar-refractivity contribution in [2.24, 2.45) is 0 Å². The molecule has 1 saturated heterocycles. The summed E-state index contributed by atoms with van der Waals surface area (Å²) in [5.74, 6) is 0.827. The van der Waals surface area contributed by atoms with Crippen LogP contribution in [0.15, 0.2) is 22.9 Å². The van der Waals surface area contributed by atoms with Crippen LogP contribution in [0.3, 0.4) is 0 Å². The average molecular weight is 257 g/mol. The van der Waals surface area contributed by atoms with E-state index < -0.39 is 0 Å². The SMILES string of the molecule is Brc1cncc(OCC2CCCN2)c1. The summed E-state index contributed by atoms with van der Waals surface area (Å²) in [5.41, 5.74) is 0. The van der Waals surface area contributed by atoms with Crippen molar-refractivity contribution >= 4 is 15.9 Å². The highest BCUT2D eigenvalue weighted by Crippen LogP contribution is 2.16. The van der Waals surface area contributed by atoms with Gasteiger partial charge in [-0.1, -0.05) is 0 Å². The zero-order valence-corrected chi connectivity index (χ0v) is 9.46. The molecule has 2 rings (SSSR count). The van der Waals surface area contributed by atoms with Crippen LogP contribution in [0.1, 0.15) is 12.8 Å². The lowest BCUT2D eigenvalue weighted by atomic mass is 10.2. The molecule has 4 heteroatoms. The molecule has 2 heterocycles. The number of hydrogen-bond acceptors (Lipinski definition) is 3. The summed E-state index contributed by atoms with van der Waals surface area (Å²) in [5, 5.41) is 3.38. The van der Waals surface area contributed by atoms with E-state index in [9.17, 15) is 0 Å². The topological polar surface area (TPSA) is 34.1 Å². The Balaban J connectivity index is 1.85. The van der Waals surface area contributed by atoms with Gasteiger partial charge >= 0.3 is 0 Å². The molecular formula is C10H13BrN2O. The molecule has 0 aromatic carbocycles. The van der Waals surface area contributed by atoms with Gasteiger partial charge in [0.2, 0.25) is 0 Å². The fraction of sp³-hybridized carbons (Fsp3) is 0.500. The Bertz CT molecular complexity index is 300. The zero-order valence-electron chi connectivity index (χ0n) is 7.87. The zero-order chi connectivity index (χ0) is 9.80.